The lowest BCUT2D eigenvalue weighted by Crippen LogP contribution is -2.30. The molecule has 2 atom stereocenters. The van der Waals surface area contributed by atoms with E-state index in [1.165, 1.54) is 218 Å². The molecule has 414 valence electrons. The Labute approximate surface area is 462 Å². The van der Waals surface area contributed by atoms with Crippen molar-refractivity contribution in [3.63, 3.8) is 0 Å². The summed E-state index contributed by atoms with van der Waals surface area (Å²) in [4.78, 5) is 31.9. The van der Waals surface area contributed by atoms with Crippen LogP contribution in [0.5, 0.6) is 0 Å². The van der Waals surface area contributed by atoms with Crippen molar-refractivity contribution in [1.29, 1.82) is 0 Å². The Balaban J connectivity index is 1.01. The highest BCUT2D eigenvalue weighted by atomic mass is 16.3. The summed E-state index contributed by atoms with van der Waals surface area (Å²) < 4.78 is 2.40. The maximum Gasteiger partial charge on any atom is 0.210 e. The largest absolute Gasteiger partial charge is 0.384 e. The predicted octanol–water partition coefficient (Wildman–Crippen LogP) is 19.6. The van der Waals surface area contributed by atoms with E-state index in [2.05, 4.69) is 124 Å². The molecule has 7 rings (SSSR count). The van der Waals surface area contributed by atoms with Gasteiger partial charge in [0.05, 0.1) is 16.9 Å². The molecule has 4 aromatic rings. The Kier molecular flexibility index (Phi) is 23.5. The number of aliphatic hydroxyl groups excluding tert-OH is 1. The van der Waals surface area contributed by atoms with Gasteiger partial charge in [-0.25, -0.2) is 0 Å². The first kappa shape index (κ1) is 59.3. The lowest BCUT2D eigenvalue weighted by atomic mass is 9.78. The van der Waals surface area contributed by atoms with Gasteiger partial charge in [0.2, 0.25) is 5.69 Å². The number of carbonyl (C=O) groups is 2. The van der Waals surface area contributed by atoms with Crippen molar-refractivity contribution in [2.24, 2.45) is 5.92 Å². The zero-order valence-corrected chi connectivity index (χ0v) is 48.9. The number of benzene rings is 4. The maximum atomic E-state index is 15.0. The number of rotatable bonds is 36. The molecule has 0 saturated heterocycles. The molecule has 5 nitrogen and oxygen atoms in total. The average molecular weight is 1030 g/mol. The highest BCUT2D eigenvalue weighted by Gasteiger charge is 2.51. The fraction of sp³-hybridized carbons (Fsp3) is 0.620. The molecule has 0 aromatic heterocycles. The summed E-state index contributed by atoms with van der Waals surface area (Å²) in [6, 6.07) is 26.2. The monoisotopic (exact) mass is 1030 g/mol. The maximum absolute atomic E-state index is 15.0. The summed E-state index contributed by atoms with van der Waals surface area (Å²) in [5, 5.41) is 16.8. The van der Waals surface area contributed by atoms with Gasteiger partial charge >= 0.3 is 0 Å². The molecule has 0 bridgehead atoms. The quantitative estimate of drug-likeness (QED) is 0.0213. The van der Waals surface area contributed by atoms with E-state index < -0.39 is 28.6 Å². The third-order valence-corrected chi connectivity index (χ3v) is 18.0. The Morgan fingerprint density at radius 2 is 0.908 bits per heavy atom. The SMILES string of the molecule is CCCCCCCCCCCCCCCCCCN1C(=CC2C(=O)C(=CC3=[N+](CCCCCCCCCCCCCCCCCC)c4ccc5ccccc5c4C3(C)C)C(=O)C2O)C(C)(C)c2c1ccc1ccccc21. The van der Waals surface area contributed by atoms with Crippen LogP contribution in [0.1, 0.15) is 258 Å². The van der Waals surface area contributed by atoms with Gasteiger partial charge < -0.3 is 10.0 Å². The first-order valence-corrected chi connectivity index (χ1v) is 31.7. The molecule has 1 fully saturated rings. The number of fused-ring (bicyclic) bond motifs is 6. The van der Waals surface area contributed by atoms with Crippen LogP contribution < -0.4 is 4.90 Å². The molecule has 0 spiro atoms. The molecule has 2 aliphatic heterocycles. The Morgan fingerprint density at radius 3 is 1.39 bits per heavy atom. The highest BCUT2D eigenvalue weighted by molar-refractivity contribution is 6.31. The van der Waals surface area contributed by atoms with Crippen LogP contribution in [0, 0.1) is 5.92 Å². The van der Waals surface area contributed by atoms with E-state index in [0.29, 0.717) is 0 Å². The van der Waals surface area contributed by atoms with E-state index in [9.17, 15) is 14.7 Å². The van der Waals surface area contributed by atoms with Gasteiger partial charge in [0.1, 0.15) is 12.6 Å². The molecule has 5 heteroatoms. The average Bonchev–Trinajstić information content (AvgIpc) is 3.95. The van der Waals surface area contributed by atoms with Crippen molar-refractivity contribution < 1.29 is 19.3 Å². The zero-order valence-electron chi connectivity index (χ0n) is 48.9. The first-order chi connectivity index (χ1) is 37.0. The standard InChI is InChI=1S/C71H103N2O3/c1-7-9-11-13-15-17-19-21-23-25-27-29-31-33-35-41-51-72-61-49-47-55-43-37-39-45-57(55)65(61)70(3,4)63(72)53-59-67(74)60(69(76)68(59)75)54-64-71(5,6)66-58-46-40-38-44-56(58)48-50-62(66)73(64)52-42-36-34-32-30-28-26-24-22-20-18-16-14-12-10-8-2/h37-40,43-50,53-54,59,68,75H,7-36,41-42,51-52H2,1-6H3/q+1. The van der Waals surface area contributed by atoms with Gasteiger partial charge in [-0.1, -0.05) is 275 Å². The second-order valence-corrected chi connectivity index (χ2v) is 24.7. The van der Waals surface area contributed by atoms with Crippen LogP contribution in [0.4, 0.5) is 11.4 Å². The fourth-order valence-corrected chi connectivity index (χ4v) is 13.5. The van der Waals surface area contributed by atoms with Crippen LogP contribution in [0.3, 0.4) is 0 Å². The summed E-state index contributed by atoms with van der Waals surface area (Å²) in [6.45, 7) is 15.3. The van der Waals surface area contributed by atoms with E-state index in [1.807, 2.05) is 12.2 Å². The molecule has 76 heavy (non-hydrogen) atoms. The number of hydrogen-bond donors (Lipinski definition) is 1. The van der Waals surface area contributed by atoms with Crippen molar-refractivity contribution in [1.82, 2.24) is 0 Å². The number of allylic oxidation sites excluding steroid dienone is 2. The van der Waals surface area contributed by atoms with Gasteiger partial charge in [0.25, 0.3) is 0 Å². The number of Topliss-reactive ketones (excluding diaryl/α,β-unsaturated/α-hetero) is 2. The van der Waals surface area contributed by atoms with Crippen molar-refractivity contribution in [3.8, 4) is 0 Å². The highest BCUT2D eigenvalue weighted by Crippen LogP contribution is 2.52. The van der Waals surface area contributed by atoms with Crippen LogP contribution in [-0.2, 0) is 20.4 Å². The lowest BCUT2D eigenvalue weighted by Gasteiger charge is -2.28. The number of anilines is 1. The van der Waals surface area contributed by atoms with E-state index in [0.717, 1.165) is 55.9 Å². The van der Waals surface area contributed by atoms with Crippen LogP contribution in [0.15, 0.2) is 96.2 Å². The number of carbonyl (C=O) groups excluding carboxylic acids is 2. The Morgan fingerprint density at radius 1 is 0.487 bits per heavy atom. The minimum absolute atomic E-state index is 0.134. The van der Waals surface area contributed by atoms with E-state index in [4.69, 9.17) is 0 Å². The third kappa shape index (κ3) is 15.1. The van der Waals surface area contributed by atoms with Gasteiger partial charge in [-0.05, 0) is 65.9 Å². The zero-order chi connectivity index (χ0) is 53.8. The normalized spacial score (nSPS) is 18.9. The van der Waals surface area contributed by atoms with Gasteiger partial charge in [-0.2, -0.15) is 4.58 Å². The van der Waals surface area contributed by atoms with Crippen LogP contribution in [0.2, 0.25) is 0 Å². The molecule has 1 N–H and O–H groups in total. The minimum atomic E-state index is -1.43. The van der Waals surface area contributed by atoms with Gasteiger partial charge in [0.15, 0.2) is 17.3 Å². The van der Waals surface area contributed by atoms with E-state index in [1.54, 1.807) is 0 Å². The molecule has 0 radical (unpaired) electrons. The molecular formula is C71H103N2O3+. The van der Waals surface area contributed by atoms with Crippen LogP contribution >= 0.6 is 0 Å². The molecule has 3 aliphatic rings. The molecule has 1 saturated carbocycles. The molecule has 2 heterocycles. The topological polar surface area (TPSA) is 60.6 Å². The van der Waals surface area contributed by atoms with Crippen molar-refractivity contribution >= 4 is 50.2 Å². The number of ketones is 2. The predicted molar refractivity (Wildman–Crippen MR) is 326 cm³/mol. The smallest absolute Gasteiger partial charge is 0.210 e. The van der Waals surface area contributed by atoms with Gasteiger partial charge in [0, 0.05) is 47.5 Å². The Hall–Kier alpha value is -4.35. The molecule has 4 aromatic carbocycles. The van der Waals surface area contributed by atoms with E-state index in [-0.39, 0.29) is 11.4 Å². The molecule has 0 amide bonds. The number of unbranched alkanes of at least 4 members (excludes halogenated alkanes) is 30. The lowest BCUT2D eigenvalue weighted by molar-refractivity contribution is -0.438. The van der Waals surface area contributed by atoms with Crippen molar-refractivity contribution in [2.45, 2.75) is 264 Å². The summed E-state index contributed by atoms with van der Waals surface area (Å²) >= 11 is 0. The number of aliphatic hydroxyl groups is 1. The van der Waals surface area contributed by atoms with E-state index >= 15 is 0 Å². The minimum Gasteiger partial charge on any atom is -0.384 e. The second kappa shape index (κ2) is 30.1. The number of hydrogen-bond acceptors (Lipinski definition) is 4. The number of nitrogens with zero attached hydrogens (tertiary/aromatic N) is 2. The molecular weight excluding hydrogens is 929 g/mol. The molecule has 2 unspecified atom stereocenters. The fourth-order valence-electron chi connectivity index (χ4n) is 13.5. The van der Waals surface area contributed by atoms with Crippen molar-refractivity contribution in [3.05, 3.63) is 107 Å². The van der Waals surface area contributed by atoms with Crippen molar-refractivity contribution in [2.75, 3.05) is 18.0 Å². The second-order valence-electron chi connectivity index (χ2n) is 24.7. The summed E-state index contributed by atoms with van der Waals surface area (Å²) in [5.74, 6) is -1.68. The summed E-state index contributed by atoms with van der Waals surface area (Å²) in [6.07, 6.45) is 45.0. The first-order valence-electron chi connectivity index (χ1n) is 31.7. The van der Waals surface area contributed by atoms with Crippen LogP contribution in [0.25, 0.3) is 21.5 Å². The Bertz CT molecular complexity index is 2570. The third-order valence-electron chi connectivity index (χ3n) is 18.0. The summed E-state index contributed by atoms with van der Waals surface area (Å²) in [5.41, 5.74) is 6.05. The van der Waals surface area contributed by atoms with Gasteiger partial charge in [-0.15, -0.1) is 0 Å². The molecule has 1 aliphatic carbocycles. The summed E-state index contributed by atoms with van der Waals surface area (Å²) in [7, 11) is 0. The van der Waals surface area contributed by atoms with Gasteiger partial charge in [-0.3, -0.25) is 9.59 Å². The van der Waals surface area contributed by atoms with Crippen LogP contribution in [-0.4, -0.2) is 46.2 Å².